The number of aliphatic hydroxyl groups excluding tert-OH is 2. The summed E-state index contributed by atoms with van der Waals surface area (Å²) in [5.41, 5.74) is 15.8. The Morgan fingerprint density at radius 3 is 1.21 bits per heavy atom. The summed E-state index contributed by atoms with van der Waals surface area (Å²) < 4.78 is 45.1. The van der Waals surface area contributed by atoms with Gasteiger partial charge in [-0.25, -0.2) is 0 Å². The van der Waals surface area contributed by atoms with Crippen LogP contribution in [-0.2, 0) is 27.2 Å². The standard InChI is InChI=1S/C14H21O3P.C13H20NO3P.C9H12O.C8H11NO/c1-4-16-18(15,17-5-2)12-11-13(3)14-9-7-6-8-10-14;1-3-16-18(15,17-4-2)11-10-13(14)12-8-6-5-7-9-12;1-8(7-10)9-5-3-2-4-6-9;9-8(6-10)7-4-2-1-3-5-7/h6-13H,4-5H2,1-3H3;5-11,13H,3-4,14H2,1-2H3;2-6,8,10H,7H2,1H3;1-5,8,10H,6,9H2/b12-11+;11-10+;;. The molecule has 0 aromatic heterocycles. The molecule has 0 aliphatic rings. The molecule has 4 aromatic rings. The van der Waals surface area contributed by atoms with Crippen molar-refractivity contribution in [1.29, 1.82) is 0 Å². The van der Waals surface area contributed by atoms with Gasteiger partial charge in [0.05, 0.1) is 39.1 Å². The van der Waals surface area contributed by atoms with Gasteiger partial charge < -0.3 is 39.8 Å². The third-order valence-corrected chi connectivity index (χ3v) is 11.4. The Morgan fingerprint density at radius 2 is 0.857 bits per heavy atom. The fourth-order valence-corrected chi connectivity index (χ4v) is 7.54. The predicted molar refractivity (Wildman–Crippen MR) is 231 cm³/mol. The van der Waals surface area contributed by atoms with Gasteiger partial charge in [0.15, 0.2) is 0 Å². The Hall–Kier alpha value is -3.50. The Balaban J connectivity index is 0.000000387. The van der Waals surface area contributed by atoms with Crippen LogP contribution < -0.4 is 11.5 Å². The zero-order valence-electron chi connectivity index (χ0n) is 33.8. The van der Waals surface area contributed by atoms with Gasteiger partial charge in [-0.1, -0.05) is 147 Å². The van der Waals surface area contributed by atoms with Crippen molar-refractivity contribution in [2.75, 3.05) is 39.6 Å². The molecule has 12 heteroatoms. The van der Waals surface area contributed by atoms with Gasteiger partial charge in [0.2, 0.25) is 0 Å². The molecule has 0 saturated heterocycles. The molecule has 0 aliphatic carbocycles. The summed E-state index contributed by atoms with van der Waals surface area (Å²) in [6, 6.07) is 38.6. The largest absolute Gasteiger partial charge is 0.396 e. The molecule has 4 atom stereocenters. The molecule has 308 valence electrons. The van der Waals surface area contributed by atoms with Gasteiger partial charge >= 0.3 is 15.2 Å². The van der Waals surface area contributed by atoms with E-state index in [2.05, 4.69) is 0 Å². The summed E-state index contributed by atoms with van der Waals surface area (Å²) in [6.45, 7) is 12.9. The van der Waals surface area contributed by atoms with Crippen molar-refractivity contribution < 1.29 is 37.4 Å². The van der Waals surface area contributed by atoms with Gasteiger partial charge in [0, 0.05) is 30.2 Å². The van der Waals surface area contributed by atoms with Crippen LogP contribution in [0.15, 0.2) is 145 Å². The maximum Gasteiger partial charge on any atom is 0.353 e. The quantitative estimate of drug-likeness (QED) is 0.0711. The van der Waals surface area contributed by atoms with E-state index in [0.29, 0.717) is 26.4 Å². The van der Waals surface area contributed by atoms with Crippen molar-refractivity contribution in [2.45, 2.75) is 65.5 Å². The average Bonchev–Trinajstić information content (AvgIpc) is 3.23. The van der Waals surface area contributed by atoms with Crippen LogP contribution in [0.5, 0.6) is 0 Å². The minimum Gasteiger partial charge on any atom is -0.396 e. The second-order valence-corrected chi connectivity index (χ2v) is 16.1. The van der Waals surface area contributed by atoms with Gasteiger partial charge in [0.25, 0.3) is 0 Å². The van der Waals surface area contributed by atoms with Gasteiger partial charge in [-0.3, -0.25) is 9.13 Å². The summed E-state index contributed by atoms with van der Waals surface area (Å²) >= 11 is 0. The summed E-state index contributed by atoms with van der Waals surface area (Å²) in [6.07, 6.45) is 3.53. The first-order chi connectivity index (χ1) is 26.9. The Labute approximate surface area is 335 Å². The maximum atomic E-state index is 12.2. The van der Waals surface area contributed by atoms with Crippen molar-refractivity contribution in [1.82, 2.24) is 0 Å². The molecule has 0 fully saturated rings. The van der Waals surface area contributed by atoms with Gasteiger partial charge in [-0.15, -0.1) is 0 Å². The lowest BCUT2D eigenvalue weighted by Gasteiger charge is -2.14. The SMILES string of the molecule is CC(CO)c1ccccc1.CCOP(=O)(/C=C/C(C)c1ccccc1)OCC.CCOP(=O)(/C=C/C(N)c1ccccc1)OCC.NC(CO)c1ccccc1. The third-order valence-electron chi connectivity index (χ3n) is 7.85. The molecule has 0 radical (unpaired) electrons. The van der Waals surface area contributed by atoms with E-state index in [9.17, 15) is 9.13 Å². The number of hydrogen-bond acceptors (Lipinski definition) is 10. The predicted octanol–water partition coefficient (Wildman–Crippen LogP) is 10.5. The number of benzene rings is 4. The lowest BCUT2D eigenvalue weighted by Crippen LogP contribution is -2.13. The molecule has 0 aliphatic heterocycles. The van der Waals surface area contributed by atoms with Crippen LogP contribution >= 0.6 is 15.2 Å². The fraction of sp³-hybridized carbons (Fsp3) is 0.364. The molecule has 4 rings (SSSR count). The van der Waals surface area contributed by atoms with E-state index in [0.717, 1.165) is 11.1 Å². The highest BCUT2D eigenvalue weighted by molar-refractivity contribution is 7.57. The Morgan fingerprint density at radius 1 is 0.518 bits per heavy atom. The van der Waals surface area contributed by atoms with E-state index in [1.807, 2.05) is 141 Å². The van der Waals surface area contributed by atoms with Crippen molar-refractivity contribution >= 4 is 15.2 Å². The molecule has 0 bridgehead atoms. The van der Waals surface area contributed by atoms with Crippen LogP contribution in [0.25, 0.3) is 0 Å². The number of aliphatic hydroxyl groups is 2. The summed E-state index contributed by atoms with van der Waals surface area (Å²) in [4.78, 5) is 0. The van der Waals surface area contributed by atoms with E-state index in [-0.39, 0.29) is 37.1 Å². The first-order valence-corrected chi connectivity index (χ1v) is 22.2. The minimum absolute atomic E-state index is 0.00398. The monoisotopic (exact) mass is 810 g/mol. The maximum absolute atomic E-state index is 12.2. The summed E-state index contributed by atoms with van der Waals surface area (Å²) in [7, 11) is -6.23. The lowest BCUT2D eigenvalue weighted by molar-refractivity contribution is 0.228. The van der Waals surface area contributed by atoms with Gasteiger partial charge in [-0.2, -0.15) is 0 Å². The van der Waals surface area contributed by atoms with Crippen LogP contribution in [0, 0.1) is 0 Å². The smallest absolute Gasteiger partial charge is 0.353 e. The lowest BCUT2D eigenvalue weighted by atomic mass is 10.0. The van der Waals surface area contributed by atoms with Crippen molar-refractivity contribution in [3.8, 4) is 0 Å². The fourth-order valence-electron chi connectivity index (χ4n) is 4.75. The van der Waals surface area contributed by atoms with Crippen LogP contribution in [0.3, 0.4) is 0 Å². The molecule has 0 heterocycles. The van der Waals surface area contributed by atoms with E-state index in [1.165, 1.54) is 16.9 Å². The highest BCUT2D eigenvalue weighted by atomic mass is 31.2. The molecule has 0 spiro atoms. The first kappa shape index (κ1) is 50.5. The number of rotatable bonds is 18. The Bertz CT molecular complexity index is 1550. The third kappa shape index (κ3) is 21.1. The zero-order chi connectivity index (χ0) is 41.7. The van der Waals surface area contributed by atoms with Crippen LogP contribution in [0.2, 0.25) is 0 Å². The van der Waals surface area contributed by atoms with Crippen molar-refractivity contribution in [2.24, 2.45) is 11.5 Å². The van der Waals surface area contributed by atoms with Gasteiger partial charge in [-0.05, 0) is 55.9 Å². The topological polar surface area (TPSA) is 164 Å². The molecule has 56 heavy (non-hydrogen) atoms. The second kappa shape index (κ2) is 29.7. The molecule has 4 unspecified atom stereocenters. The second-order valence-electron chi connectivity index (χ2n) is 12.3. The number of nitrogens with two attached hydrogens (primary N) is 2. The first-order valence-electron chi connectivity index (χ1n) is 19.0. The molecule has 10 nitrogen and oxygen atoms in total. The summed E-state index contributed by atoms with van der Waals surface area (Å²) in [5, 5.41) is 17.5. The molecule has 6 N–H and O–H groups in total. The van der Waals surface area contributed by atoms with Crippen molar-refractivity contribution in [3.05, 3.63) is 167 Å². The summed E-state index contributed by atoms with van der Waals surface area (Å²) in [5.74, 6) is 3.46. The molecule has 4 aromatic carbocycles. The van der Waals surface area contributed by atoms with Crippen LogP contribution in [0.4, 0.5) is 0 Å². The van der Waals surface area contributed by atoms with E-state index < -0.39 is 15.2 Å². The number of hydrogen-bond donors (Lipinski definition) is 4. The van der Waals surface area contributed by atoms with Crippen molar-refractivity contribution in [3.63, 3.8) is 0 Å². The molecular formula is C44H64N2O8P2. The highest BCUT2D eigenvalue weighted by Gasteiger charge is 2.20. The van der Waals surface area contributed by atoms with E-state index in [1.54, 1.807) is 39.6 Å². The van der Waals surface area contributed by atoms with Gasteiger partial charge in [0.1, 0.15) is 0 Å². The van der Waals surface area contributed by atoms with E-state index >= 15 is 0 Å². The number of allylic oxidation sites excluding steroid dienone is 1. The van der Waals surface area contributed by atoms with Crippen LogP contribution in [0.1, 0.15) is 87.7 Å². The normalized spacial score (nSPS) is 13.6. The van der Waals surface area contributed by atoms with E-state index in [4.69, 9.17) is 39.8 Å². The zero-order valence-corrected chi connectivity index (χ0v) is 35.6. The molecule has 0 saturated carbocycles. The Kier molecular flexibility index (Phi) is 26.8. The minimum atomic E-state index is -3.15. The highest BCUT2D eigenvalue weighted by Crippen LogP contribution is 2.50. The molecular weight excluding hydrogens is 746 g/mol. The average molecular weight is 811 g/mol. The molecule has 0 amide bonds. The van der Waals surface area contributed by atoms with Crippen LogP contribution in [-0.4, -0.2) is 49.9 Å².